The van der Waals surface area contributed by atoms with Gasteiger partial charge in [-0.25, -0.2) is 0 Å². The summed E-state index contributed by atoms with van der Waals surface area (Å²) in [5.41, 5.74) is 1.66. The number of hydrogen-bond donors (Lipinski definition) is 1. The molecule has 1 aromatic rings. The zero-order valence-corrected chi connectivity index (χ0v) is 10.3. The van der Waals surface area contributed by atoms with E-state index in [1.807, 2.05) is 6.07 Å². The Morgan fingerprint density at radius 2 is 2.06 bits per heavy atom. The van der Waals surface area contributed by atoms with E-state index in [1.165, 1.54) is 18.4 Å². The molecule has 0 aromatic heterocycles. The summed E-state index contributed by atoms with van der Waals surface area (Å²) < 4.78 is 11.1. The van der Waals surface area contributed by atoms with Crippen molar-refractivity contribution in [1.29, 1.82) is 0 Å². The van der Waals surface area contributed by atoms with Crippen LogP contribution in [0.15, 0.2) is 18.2 Å². The molecule has 17 heavy (non-hydrogen) atoms. The molecule has 0 unspecified atom stereocenters. The fraction of sp³-hybridized carbons (Fsp3) is 0.571. The van der Waals surface area contributed by atoms with E-state index in [9.17, 15) is 0 Å². The molecule has 2 aliphatic heterocycles. The van der Waals surface area contributed by atoms with Gasteiger partial charge >= 0.3 is 0 Å². The quantitative estimate of drug-likeness (QED) is 0.805. The lowest BCUT2D eigenvalue weighted by Crippen LogP contribution is -2.42. The van der Waals surface area contributed by atoms with E-state index < -0.39 is 0 Å². The van der Waals surface area contributed by atoms with Crippen LogP contribution in [-0.4, -0.2) is 26.8 Å². The third kappa shape index (κ3) is 1.78. The van der Waals surface area contributed by atoms with Crippen molar-refractivity contribution < 1.29 is 9.47 Å². The summed E-state index contributed by atoms with van der Waals surface area (Å²) in [6.07, 6.45) is 3.54. The van der Waals surface area contributed by atoms with Crippen LogP contribution in [0.1, 0.15) is 24.8 Å². The molecule has 0 atom stereocenters. The second-order valence-corrected chi connectivity index (χ2v) is 4.99. The Bertz CT molecular complexity index is 411. The minimum absolute atomic E-state index is 0.313. The van der Waals surface area contributed by atoms with E-state index in [1.54, 1.807) is 7.11 Å². The third-order valence-electron chi connectivity index (χ3n) is 4.16. The Kier molecular flexibility index (Phi) is 2.71. The molecule has 1 aromatic carbocycles. The van der Waals surface area contributed by atoms with Crippen LogP contribution in [0.2, 0.25) is 0 Å². The second kappa shape index (κ2) is 4.22. The first-order valence-electron chi connectivity index (χ1n) is 6.36. The monoisotopic (exact) mass is 233 g/mol. The normalized spacial score (nSPS) is 21.7. The molecule has 3 heteroatoms. The summed E-state index contributed by atoms with van der Waals surface area (Å²) in [7, 11) is 1.72. The second-order valence-electron chi connectivity index (χ2n) is 4.99. The maximum atomic E-state index is 5.77. The topological polar surface area (TPSA) is 30.5 Å². The van der Waals surface area contributed by atoms with E-state index in [-0.39, 0.29) is 0 Å². The van der Waals surface area contributed by atoms with Crippen LogP contribution < -0.4 is 14.8 Å². The number of nitrogens with one attached hydrogen (secondary N) is 1. The zero-order chi connectivity index (χ0) is 11.7. The summed E-state index contributed by atoms with van der Waals surface area (Å²) >= 11 is 0. The highest BCUT2D eigenvalue weighted by Gasteiger charge is 2.38. The molecule has 3 rings (SSSR count). The Labute approximate surface area is 102 Å². The minimum Gasteiger partial charge on any atom is -0.497 e. The van der Waals surface area contributed by atoms with E-state index in [0.29, 0.717) is 5.41 Å². The van der Waals surface area contributed by atoms with E-state index >= 15 is 0 Å². The summed E-state index contributed by atoms with van der Waals surface area (Å²) in [6.45, 7) is 3.06. The number of benzene rings is 1. The molecule has 2 aliphatic rings. The van der Waals surface area contributed by atoms with Gasteiger partial charge in [0.05, 0.1) is 13.7 Å². The summed E-state index contributed by atoms with van der Waals surface area (Å²) in [4.78, 5) is 0. The number of ether oxygens (including phenoxy) is 2. The standard InChI is InChI=1S/C14H19NO2/c1-16-11-2-3-13-12(10-11)14(6-9-17-13)4-7-15-8-5-14/h2-3,10,15H,4-9H2,1H3. The number of piperidine rings is 1. The predicted molar refractivity (Wildman–Crippen MR) is 66.9 cm³/mol. The molecular formula is C14H19NO2. The molecule has 92 valence electrons. The average molecular weight is 233 g/mol. The maximum Gasteiger partial charge on any atom is 0.123 e. The van der Waals surface area contributed by atoms with Gasteiger partial charge < -0.3 is 14.8 Å². The van der Waals surface area contributed by atoms with Crippen molar-refractivity contribution in [3.05, 3.63) is 23.8 Å². The Balaban J connectivity index is 2.04. The first kappa shape index (κ1) is 10.9. The molecule has 3 nitrogen and oxygen atoms in total. The minimum atomic E-state index is 0.313. The summed E-state index contributed by atoms with van der Waals surface area (Å²) in [5, 5.41) is 3.44. The molecule has 1 N–H and O–H groups in total. The van der Waals surface area contributed by atoms with Crippen molar-refractivity contribution in [2.24, 2.45) is 0 Å². The first-order valence-corrected chi connectivity index (χ1v) is 6.36. The van der Waals surface area contributed by atoms with Crippen LogP contribution in [0, 0.1) is 0 Å². The SMILES string of the molecule is COc1ccc2c(c1)C1(CCNCC1)CCO2. The molecule has 1 saturated heterocycles. The lowest BCUT2D eigenvalue weighted by molar-refractivity contribution is 0.179. The van der Waals surface area contributed by atoms with Gasteiger partial charge in [0.1, 0.15) is 11.5 Å². The maximum absolute atomic E-state index is 5.77. The van der Waals surface area contributed by atoms with E-state index in [2.05, 4.69) is 17.4 Å². The average Bonchev–Trinajstić information content (AvgIpc) is 2.40. The molecule has 0 radical (unpaired) electrons. The molecule has 2 heterocycles. The van der Waals surface area contributed by atoms with Gasteiger partial charge in [0.25, 0.3) is 0 Å². The number of methoxy groups -OCH3 is 1. The zero-order valence-electron chi connectivity index (χ0n) is 10.3. The summed E-state index contributed by atoms with van der Waals surface area (Å²) in [5.74, 6) is 1.99. The molecule has 1 spiro atoms. The van der Waals surface area contributed by atoms with Crippen molar-refractivity contribution in [1.82, 2.24) is 5.32 Å². The third-order valence-corrected chi connectivity index (χ3v) is 4.16. The number of fused-ring (bicyclic) bond motifs is 2. The summed E-state index contributed by atoms with van der Waals surface area (Å²) in [6, 6.07) is 6.20. The Morgan fingerprint density at radius 3 is 2.82 bits per heavy atom. The molecular weight excluding hydrogens is 214 g/mol. The lowest BCUT2D eigenvalue weighted by Gasteiger charge is -2.42. The number of rotatable bonds is 1. The van der Waals surface area contributed by atoms with Gasteiger partial charge in [-0.2, -0.15) is 0 Å². The van der Waals surface area contributed by atoms with Gasteiger partial charge in [-0.05, 0) is 50.6 Å². The Morgan fingerprint density at radius 1 is 1.24 bits per heavy atom. The van der Waals surface area contributed by atoms with Crippen LogP contribution in [0.25, 0.3) is 0 Å². The molecule has 0 bridgehead atoms. The predicted octanol–water partition coefficient (Wildman–Crippen LogP) is 2.10. The molecule has 0 aliphatic carbocycles. The van der Waals surface area contributed by atoms with Crippen molar-refractivity contribution >= 4 is 0 Å². The Hall–Kier alpha value is -1.22. The van der Waals surface area contributed by atoms with E-state index in [4.69, 9.17) is 9.47 Å². The lowest BCUT2D eigenvalue weighted by atomic mass is 9.69. The van der Waals surface area contributed by atoms with Gasteiger partial charge in [0.2, 0.25) is 0 Å². The van der Waals surface area contributed by atoms with E-state index in [0.717, 1.165) is 37.6 Å². The smallest absolute Gasteiger partial charge is 0.123 e. The van der Waals surface area contributed by atoms with Gasteiger partial charge in [-0.15, -0.1) is 0 Å². The molecule has 1 fully saturated rings. The highest BCUT2D eigenvalue weighted by molar-refractivity contribution is 5.46. The number of hydrogen-bond acceptors (Lipinski definition) is 3. The van der Waals surface area contributed by atoms with Crippen LogP contribution >= 0.6 is 0 Å². The fourth-order valence-electron chi connectivity index (χ4n) is 3.09. The van der Waals surface area contributed by atoms with Crippen LogP contribution in [0.5, 0.6) is 11.5 Å². The van der Waals surface area contributed by atoms with Crippen molar-refractivity contribution in [3.8, 4) is 11.5 Å². The fourth-order valence-corrected chi connectivity index (χ4v) is 3.09. The van der Waals surface area contributed by atoms with Gasteiger partial charge in [-0.3, -0.25) is 0 Å². The van der Waals surface area contributed by atoms with Crippen molar-refractivity contribution in [2.45, 2.75) is 24.7 Å². The van der Waals surface area contributed by atoms with Crippen molar-refractivity contribution in [2.75, 3.05) is 26.8 Å². The molecule has 0 saturated carbocycles. The highest BCUT2D eigenvalue weighted by Crippen LogP contribution is 2.45. The molecule has 0 amide bonds. The van der Waals surface area contributed by atoms with Gasteiger partial charge in [0.15, 0.2) is 0 Å². The van der Waals surface area contributed by atoms with Crippen LogP contribution in [0.3, 0.4) is 0 Å². The first-order chi connectivity index (χ1) is 8.34. The largest absolute Gasteiger partial charge is 0.497 e. The van der Waals surface area contributed by atoms with Crippen molar-refractivity contribution in [3.63, 3.8) is 0 Å². The van der Waals surface area contributed by atoms with Crippen LogP contribution in [-0.2, 0) is 5.41 Å². The van der Waals surface area contributed by atoms with Gasteiger partial charge in [0, 0.05) is 11.0 Å². The van der Waals surface area contributed by atoms with Crippen LogP contribution in [0.4, 0.5) is 0 Å². The van der Waals surface area contributed by atoms with Gasteiger partial charge in [-0.1, -0.05) is 0 Å². The highest BCUT2D eigenvalue weighted by atomic mass is 16.5.